The predicted molar refractivity (Wildman–Crippen MR) is 74.7 cm³/mol. The summed E-state index contributed by atoms with van der Waals surface area (Å²) in [7, 11) is 0. The molecule has 1 aromatic heterocycles. The van der Waals surface area contributed by atoms with Crippen LogP contribution in [0.15, 0.2) is 23.2 Å². The van der Waals surface area contributed by atoms with Crippen molar-refractivity contribution in [2.75, 3.05) is 11.5 Å². The third-order valence-corrected chi connectivity index (χ3v) is 5.16. The van der Waals surface area contributed by atoms with Crippen molar-refractivity contribution in [3.63, 3.8) is 0 Å². The number of thioether (sulfide) groups is 1. The molecule has 0 amide bonds. The second-order valence-corrected chi connectivity index (χ2v) is 6.49. The molecule has 2 aliphatic rings. The zero-order valence-corrected chi connectivity index (χ0v) is 11.4. The van der Waals surface area contributed by atoms with Crippen molar-refractivity contribution in [2.45, 2.75) is 55.1 Å². The number of nitrogens with zero attached hydrogens (tertiary/aromatic N) is 1. The van der Waals surface area contributed by atoms with Crippen LogP contribution in [-0.2, 0) is 4.74 Å². The number of anilines is 1. The fraction of sp³-hybridized carbons (Fsp3) is 0.643. The van der Waals surface area contributed by atoms with Crippen molar-refractivity contribution in [1.82, 2.24) is 4.98 Å². The van der Waals surface area contributed by atoms with Crippen LogP contribution in [0, 0.1) is 0 Å². The first kappa shape index (κ1) is 12.3. The Bertz CT molecular complexity index is 401. The lowest BCUT2D eigenvalue weighted by atomic mass is 9.98. The molecule has 1 saturated heterocycles. The summed E-state index contributed by atoms with van der Waals surface area (Å²) in [5, 5.41) is 0. The van der Waals surface area contributed by atoms with E-state index in [0.717, 1.165) is 5.75 Å². The smallest absolute Gasteiger partial charge is 0.123 e. The van der Waals surface area contributed by atoms with Crippen molar-refractivity contribution in [3.8, 4) is 0 Å². The standard InChI is InChI=1S/C14H20N2OS/c15-13-4-3-12(9-16-13)18-10-11-5-8-14(17-11)6-1-2-7-14/h3-4,9,11H,1-2,5-8,10H2,(H2,15,16). The number of nitrogens with two attached hydrogens (primary N) is 1. The van der Waals surface area contributed by atoms with E-state index in [-0.39, 0.29) is 5.60 Å². The molecule has 1 aromatic rings. The van der Waals surface area contributed by atoms with Gasteiger partial charge in [0.1, 0.15) is 5.82 Å². The van der Waals surface area contributed by atoms with Gasteiger partial charge < -0.3 is 10.5 Å². The lowest BCUT2D eigenvalue weighted by Gasteiger charge is -2.23. The third kappa shape index (κ3) is 2.64. The Balaban J connectivity index is 1.51. The SMILES string of the molecule is Nc1ccc(SCC2CCC3(CCCC3)O2)cn1. The molecule has 98 valence electrons. The summed E-state index contributed by atoms with van der Waals surface area (Å²) in [5.74, 6) is 1.62. The average molecular weight is 264 g/mol. The van der Waals surface area contributed by atoms with Crippen LogP contribution in [0.2, 0.25) is 0 Å². The van der Waals surface area contributed by atoms with Gasteiger partial charge in [-0.1, -0.05) is 12.8 Å². The van der Waals surface area contributed by atoms with Crippen LogP contribution in [0.1, 0.15) is 38.5 Å². The van der Waals surface area contributed by atoms with E-state index in [0.29, 0.717) is 11.9 Å². The van der Waals surface area contributed by atoms with Gasteiger partial charge in [0.25, 0.3) is 0 Å². The molecule has 1 unspecified atom stereocenters. The molecule has 0 bridgehead atoms. The monoisotopic (exact) mass is 264 g/mol. The average Bonchev–Trinajstić information content (AvgIpc) is 3.00. The van der Waals surface area contributed by atoms with Crippen molar-refractivity contribution in [1.29, 1.82) is 0 Å². The molecule has 1 aliphatic carbocycles. The Hall–Kier alpha value is -0.740. The van der Waals surface area contributed by atoms with Gasteiger partial charge >= 0.3 is 0 Å². The molecule has 2 fully saturated rings. The Morgan fingerprint density at radius 2 is 2.17 bits per heavy atom. The third-order valence-electron chi connectivity index (χ3n) is 4.05. The molecule has 0 aromatic carbocycles. The number of aromatic nitrogens is 1. The molecule has 1 aliphatic heterocycles. The minimum Gasteiger partial charge on any atom is -0.384 e. The summed E-state index contributed by atoms with van der Waals surface area (Å²) < 4.78 is 6.29. The van der Waals surface area contributed by atoms with Gasteiger partial charge in [-0.25, -0.2) is 4.98 Å². The molecular formula is C14H20N2OS. The molecule has 0 radical (unpaired) electrons. The van der Waals surface area contributed by atoms with Crippen LogP contribution in [0.25, 0.3) is 0 Å². The van der Waals surface area contributed by atoms with Gasteiger partial charge in [0.15, 0.2) is 0 Å². The van der Waals surface area contributed by atoms with E-state index in [1.807, 2.05) is 30.1 Å². The minimum atomic E-state index is 0.255. The summed E-state index contributed by atoms with van der Waals surface area (Å²) >= 11 is 1.83. The van der Waals surface area contributed by atoms with Gasteiger partial charge in [-0.05, 0) is 37.8 Å². The van der Waals surface area contributed by atoms with Gasteiger partial charge in [-0.2, -0.15) is 0 Å². The first-order valence-corrected chi connectivity index (χ1v) is 7.77. The highest BCUT2D eigenvalue weighted by Gasteiger charge is 2.41. The fourth-order valence-electron chi connectivity index (χ4n) is 3.07. The van der Waals surface area contributed by atoms with Crippen LogP contribution in [0.5, 0.6) is 0 Å². The number of nitrogen functional groups attached to an aromatic ring is 1. The molecular weight excluding hydrogens is 244 g/mol. The minimum absolute atomic E-state index is 0.255. The summed E-state index contributed by atoms with van der Waals surface area (Å²) in [6.45, 7) is 0. The first-order valence-electron chi connectivity index (χ1n) is 6.78. The molecule has 3 rings (SSSR count). The van der Waals surface area contributed by atoms with Gasteiger partial charge in [-0.3, -0.25) is 0 Å². The summed E-state index contributed by atoms with van der Waals surface area (Å²) in [6, 6.07) is 3.89. The lowest BCUT2D eigenvalue weighted by molar-refractivity contribution is -0.0267. The lowest BCUT2D eigenvalue weighted by Crippen LogP contribution is -2.25. The van der Waals surface area contributed by atoms with Gasteiger partial charge in [-0.15, -0.1) is 11.8 Å². The number of ether oxygens (including phenoxy) is 1. The highest BCUT2D eigenvalue weighted by molar-refractivity contribution is 7.99. The van der Waals surface area contributed by atoms with Gasteiger partial charge in [0, 0.05) is 16.8 Å². The summed E-state index contributed by atoms with van der Waals surface area (Å²) in [5.41, 5.74) is 5.83. The Kier molecular flexibility index (Phi) is 3.48. The second kappa shape index (κ2) is 5.10. The van der Waals surface area contributed by atoms with Gasteiger partial charge in [0.2, 0.25) is 0 Å². The van der Waals surface area contributed by atoms with Crippen LogP contribution in [0.4, 0.5) is 5.82 Å². The number of pyridine rings is 1. The molecule has 2 N–H and O–H groups in total. The largest absolute Gasteiger partial charge is 0.384 e. The van der Waals surface area contributed by atoms with E-state index >= 15 is 0 Å². The van der Waals surface area contributed by atoms with Gasteiger partial charge in [0.05, 0.1) is 11.7 Å². The van der Waals surface area contributed by atoms with Crippen molar-refractivity contribution < 1.29 is 4.74 Å². The van der Waals surface area contributed by atoms with Crippen LogP contribution in [0.3, 0.4) is 0 Å². The quantitative estimate of drug-likeness (QED) is 0.851. The highest BCUT2D eigenvalue weighted by Crippen LogP contribution is 2.44. The molecule has 3 nitrogen and oxygen atoms in total. The van der Waals surface area contributed by atoms with E-state index in [1.165, 1.54) is 43.4 Å². The van der Waals surface area contributed by atoms with E-state index in [9.17, 15) is 0 Å². The Morgan fingerprint density at radius 3 is 2.89 bits per heavy atom. The first-order chi connectivity index (χ1) is 8.76. The maximum absolute atomic E-state index is 6.29. The highest BCUT2D eigenvalue weighted by atomic mass is 32.2. The zero-order chi connectivity index (χ0) is 12.4. The van der Waals surface area contributed by atoms with Crippen molar-refractivity contribution in [2.24, 2.45) is 0 Å². The van der Waals surface area contributed by atoms with Crippen LogP contribution < -0.4 is 5.73 Å². The summed E-state index contributed by atoms with van der Waals surface area (Å²) in [4.78, 5) is 5.29. The fourth-order valence-corrected chi connectivity index (χ4v) is 3.97. The summed E-state index contributed by atoms with van der Waals surface area (Å²) in [6.07, 6.45) is 10.00. The Morgan fingerprint density at radius 1 is 1.33 bits per heavy atom. The van der Waals surface area contributed by atoms with E-state index in [2.05, 4.69) is 4.98 Å². The van der Waals surface area contributed by atoms with Crippen LogP contribution in [-0.4, -0.2) is 22.4 Å². The molecule has 18 heavy (non-hydrogen) atoms. The molecule has 1 spiro atoms. The molecule has 2 heterocycles. The molecule has 4 heteroatoms. The molecule has 1 atom stereocenters. The van der Waals surface area contributed by atoms with Crippen LogP contribution >= 0.6 is 11.8 Å². The zero-order valence-electron chi connectivity index (χ0n) is 10.6. The maximum atomic E-state index is 6.29. The van der Waals surface area contributed by atoms with E-state index in [4.69, 9.17) is 10.5 Å². The number of rotatable bonds is 3. The van der Waals surface area contributed by atoms with Crippen molar-refractivity contribution >= 4 is 17.6 Å². The maximum Gasteiger partial charge on any atom is 0.123 e. The normalized spacial score (nSPS) is 25.9. The number of hydrogen-bond acceptors (Lipinski definition) is 4. The molecule has 1 saturated carbocycles. The van der Waals surface area contributed by atoms with E-state index < -0.39 is 0 Å². The van der Waals surface area contributed by atoms with Crippen molar-refractivity contribution in [3.05, 3.63) is 18.3 Å². The second-order valence-electron chi connectivity index (χ2n) is 5.40. The van der Waals surface area contributed by atoms with E-state index in [1.54, 1.807) is 0 Å². The predicted octanol–water partition coefficient (Wildman–Crippen LogP) is 3.25. The topological polar surface area (TPSA) is 48.1 Å². The number of hydrogen-bond donors (Lipinski definition) is 1. The Labute approximate surface area is 113 Å².